The molecule has 0 aliphatic carbocycles. The Balaban J connectivity index is 1.97. The number of carbonyl (C=O) groups is 1. The molecule has 1 atom stereocenters. The summed E-state index contributed by atoms with van der Waals surface area (Å²) in [7, 11) is 0. The molecule has 1 aromatic rings. The van der Waals surface area contributed by atoms with Gasteiger partial charge in [-0.25, -0.2) is 4.79 Å². The van der Waals surface area contributed by atoms with Crippen LogP contribution < -0.4 is 5.32 Å². The number of amides is 1. The Labute approximate surface area is 142 Å². The number of halogens is 1. The number of benzene rings is 1. The van der Waals surface area contributed by atoms with Crippen LogP contribution in [0.3, 0.4) is 0 Å². The van der Waals surface area contributed by atoms with Crippen molar-refractivity contribution < 1.29 is 9.53 Å². The van der Waals surface area contributed by atoms with Gasteiger partial charge < -0.3 is 15.0 Å². The van der Waals surface area contributed by atoms with Crippen LogP contribution in [0, 0.1) is 11.3 Å². The van der Waals surface area contributed by atoms with E-state index in [0.717, 1.165) is 18.5 Å². The van der Waals surface area contributed by atoms with Crippen LogP contribution in [0.4, 0.5) is 10.5 Å². The second-order valence-corrected chi connectivity index (χ2v) is 7.06. The van der Waals surface area contributed by atoms with Crippen LogP contribution in [0.1, 0.15) is 39.2 Å². The molecule has 0 bridgehead atoms. The molecule has 1 aliphatic heterocycles. The molecule has 6 heteroatoms. The van der Waals surface area contributed by atoms with E-state index >= 15 is 0 Å². The minimum atomic E-state index is -0.492. The summed E-state index contributed by atoms with van der Waals surface area (Å²) in [6.07, 6.45) is 1.63. The lowest BCUT2D eigenvalue weighted by Crippen LogP contribution is -2.42. The van der Waals surface area contributed by atoms with E-state index in [9.17, 15) is 4.79 Å². The summed E-state index contributed by atoms with van der Waals surface area (Å²) in [6, 6.07) is 7.27. The first kappa shape index (κ1) is 17.4. The standard InChI is InChI=1S/C17H22ClN3O2/c1-17(2,3)23-16(22)21-8-4-5-13(21)11-20-15-7-6-12(10-19)9-14(15)18/h6-7,9,13,20H,4-5,8,11H2,1-3H3. The fourth-order valence-corrected chi connectivity index (χ4v) is 2.81. The fourth-order valence-electron chi connectivity index (χ4n) is 2.56. The van der Waals surface area contributed by atoms with Gasteiger partial charge in [-0.2, -0.15) is 5.26 Å². The Bertz CT molecular complexity index is 619. The number of ether oxygens (including phenoxy) is 1. The lowest BCUT2D eigenvalue weighted by molar-refractivity contribution is 0.0235. The van der Waals surface area contributed by atoms with Crippen molar-refractivity contribution in [3.8, 4) is 6.07 Å². The Morgan fingerprint density at radius 3 is 2.87 bits per heavy atom. The van der Waals surface area contributed by atoms with E-state index < -0.39 is 5.60 Å². The predicted molar refractivity (Wildman–Crippen MR) is 90.6 cm³/mol. The van der Waals surface area contributed by atoms with Crippen molar-refractivity contribution in [2.45, 2.75) is 45.3 Å². The molecule has 0 radical (unpaired) electrons. The van der Waals surface area contributed by atoms with Crippen LogP contribution in [0.25, 0.3) is 0 Å². The third kappa shape index (κ3) is 4.77. The fraction of sp³-hybridized carbons (Fsp3) is 0.529. The molecule has 1 aromatic carbocycles. The summed E-state index contributed by atoms with van der Waals surface area (Å²) >= 11 is 6.16. The molecule has 0 saturated carbocycles. The summed E-state index contributed by atoms with van der Waals surface area (Å²) in [5.41, 5.74) is 0.798. The summed E-state index contributed by atoms with van der Waals surface area (Å²) in [4.78, 5) is 14.0. The average molecular weight is 336 g/mol. The molecule has 1 amide bonds. The van der Waals surface area contributed by atoms with Gasteiger partial charge in [-0.3, -0.25) is 0 Å². The highest BCUT2D eigenvalue weighted by molar-refractivity contribution is 6.33. The average Bonchev–Trinajstić information content (AvgIpc) is 2.92. The highest BCUT2D eigenvalue weighted by Gasteiger charge is 2.31. The predicted octanol–water partition coefficient (Wildman–Crippen LogP) is 4.02. The zero-order valence-electron chi connectivity index (χ0n) is 13.7. The first-order chi connectivity index (χ1) is 10.8. The maximum Gasteiger partial charge on any atom is 0.410 e. The molecule has 0 aromatic heterocycles. The van der Waals surface area contributed by atoms with Crippen molar-refractivity contribution in [3.63, 3.8) is 0 Å². The van der Waals surface area contributed by atoms with Crippen LogP contribution in [0.15, 0.2) is 18.2 Å². The minimum Gasteiger partial charge on any atom is -0.444 e. The van der Waals surface area contributed by atoms with Gasteiger partial charge in [0.15, 0.2) is 0 Å². The van der Waals surface area contributed by atoms with E-state index in [4.69, 9.17) is 21.6 Å². The van der Waals surface area contributed by atoms with Crippen LogP contribution in [-0.4, -0.2) is 35.7 Å². The lowest BCUT2D eigenvalue weighted by Gasteiger charge is -2.29. The quantitative estimate of drug-likeness (QED) is 0.905. The molecule has 1 fully saturated rings. The number of nitriles is 1. The van der Waals surface area contributed by atoms with Gasteiger partial charge in [0, 0.05) is 13.1 Å². The second-order valence-electron chi connectivity index (χ2n) is 6.66. The van der Waals surface area contributed by atoms with Crippen molar-refractivity contribution in [1.29, 1.82) is 5.26 Å². The molecule has 1 unspecified atom stereocenters. The van der Waals surface area contributed by atoms with Gasteiger partial charge in [-0.1, -0.05) is 11.6 Å². The number of hydrogen-bond acceptors (Lipinski definition) is 4. The number of nitrogens with zero attached hydrogens (tertiary/aromatic N) is 2. The van der Waals surface area contributed by atoms with Crippen molar-refractivity contribution in [1.82, 2.24) is 4.90 Å². The number of nitrogens with one attached hydrogen (secondary N) is 1. The number of hydrogen-bond donors (Lipinski definition) is 1. The Hall–Kier alpha value is -1.93. The molecule has 2 rings (SSSR count). The van der Waals surface area contributed by atoms with Gasteiger partial charge in [-0.05, 0) is 51.8 Å². The van der Waals surface area contributed by atoms with Gasteiger partial charge in [0.2, 0.25) is 0 Å². The third-order valence-corrected chi connectivity index (χ3v) is 3.94. The van der Waals surface area contributed by atoms with Crippen molar-refractivity contribution in [2.24, 2.45) is 0 Å². The zero-order valence-corrected chi connectivity index (χ0v) is 14.5. The Kier molecular flexibility index (Phi) is 5.38. The lowest BCUT2D eigenvalue weighted by atomic mass is 10.2. The molecular weight excluding hydrogens is 314 g/mol. The maximum absolute atomic E-state index is 12.2. The molecule has 1 aliphatic rings. The van der Waals surface area contributed by atoms with Crippen LogP contribution >= 0.6 is 11.6 Å². The van der Waals surface area contributed by atoms with Crippen LogP contribution in [-0.2, 0) is 4.74 Å². The summed E-state index contributed by atoms with van der Waals surface area (Å²) in [6.45, 7) is 6.91. The Morgan fingerprint density at radius 1 is 1.52 bits per heavy atom. The van der Waals surface area contributed by atoms with Gasteiger partial charge in [0.1, 0.15) is 5.60 Å². The van der Waals surface area contributed by atoms with Crippen molar-refractivity contribution in [3.05, 3.63) is 28.8 Å². The van der Waals surface area contributed by atoms with E-state index in [0.29, 0.717) is 23.7 Å². The minimum absolute atomic E-state index is 0.0801. The monoisotopic (exact) mass is 335 g/mol. The molecule has 5 nitrogen and oxygen atoms in total. The normalized spacial score (nSPS) is 17.7. The van der Waals surface area contributed by atoms with E-state index in [1.54, 1.807) is 23.1 Å². The maximum atomic E-state index is 12.2. The van der Waals surface area contributed by atoms with Crippen molar-refractivity contribution in [2.75, 3.05) is 18.4 Å². The Morgan fingerprint density at radius 2 is 2.26 bits per heavy atom. The summed E-state index contributed by atoms with van der Waals surface area (Å²) < 4.78 is 5.46. The van der Waals surface area contributed by atoms with E-state index in [1.807, 2.05) is 20.8 Å². The molecular formula is C17H22ClN3O2. The summed E-state index contributed by atoms with van der Waals surface area (Å²) in [5.74, 6) is 0. The molecule has 124 valence electrons. The number of rotatable bonds is 3. The molecule has 0 spiro atoms. The van der Waals surface area contributed by atoms with E-state index in [1.165, 1.54) is 0 Å². The van der Waals surface area contributed by atoms with Gasteiger partial charge >= 0.3 is 6.09 Å². The van der Waals surface area contributed by atoms with Gasteiger partial charge in [0.25, 0.3) is 0 Å². The zero-order chi connectivity index (χ0) is 17.0. The van der Waals surface area contributed by atoms with Crippen LogP contribution in [0.5, 0.6) is 0 Å². The third-order valence-electron chi connectivity index (χ3n) is 3.63. The largest absolute Gasteiger partial charge is 0.444 e. The topological polar surface area (TPSA) is 65.4 Å². The van der Waals surface area contributed by atoms with Gasteiger partial charge in [0.05, 0.1) is 28.4 Å². The number of anilines is 1. The van der Waals surface area contributed by atoms with Gasteiger partial charge in [-0.15, -0.1) is 0 Å². The second kappa shape index (κ2) is 7.10. The molecule has 1 heterocycles. The summed E-state index contributed by atoms with van der Waals surface area (Å²) in [5, 5.41) is 12.6. The highest BCUT2D eigenvalue weighted by Crippen LogP contribution is 2.25. The molecule has 1 N–H and O–H groups in total. The molecule has 1 saturated heterocycles. The SMILES string of the molecule is CC(C)(C)OC(=O)N1CCCC1CNc1ccc(C#N)cc1Cl. The first-order valence-electron chi connectivity index (χ1n) is 7.73. The number of carbonyl (C=O) groups excluding carboxylic acids is 1. The van der Waals surface area contributed by atoms with Crippen LogP contribution in [0.2, 0.25) is 5.02 Å². The molecule has 23 heavy (non-hydrogen) atoms. The van der Waals surface area contributed by atoms with E-state index in [2.05, 4.69) is 11.4 Å². The number of likely N-dealkylation sites (tertiary alicyclic amines) is 1. The first-order valence-corrected chi connectivity index (χ1v) is 8.11. The van der Waals surface area contributed by atoms with E-state index in [-0.39, 0.29) is 12.1 Å². The smallest absolute Gasteiger partial charge is 0.410 e. The highest BCUT2D eigenvalue weighted by atomic mass is 35.5. The van der Waals surface area contributed by atoms with Crippen molar-refractivity contribution >= 4 is 23.4 Å².